The molecule has 1 spiro atoms. The molecule has 3 aliphatic rings. The van der Waals surface area contributed by atoms with Crippen LogP contribution in [0.25, 0.3) is 17.4 Å². The molecule has 6 rings (SSSR count). The van der Waals surface area contributed by atoms with Gasteiger partial charge in [0.25, 0.3) is 11.9 Å². The van der Waals surface area contributed by atoms with E-state index in [4.69, 9.17) is 4.42 Å². The van der Waals surface area contributed by atoms with Crippen molar-refractivity contribution in [2.45, 2.75) is 56.7 Å². The van der Waals surface area contributed by atoms with Crippen molar-refractivity contribution in [1.82, 2.24) is 9.88 Å². The summed E-state index contributed by atoms with van der Waals surface area (Å²) < 4.78 is 73.9. The average molecular weight is 602 g/mol. The molecule has 0 saturated carbocycles. The topological polar surface area (TPSA) is 52.7 Å². The number of anilines is 1. The minimum absolute atomic E-state index is 0.00882. The lowest BCUT2D eigenvalue weighted by Gasteiger charge is -2.45. The Morgan fingerprint density at radius 1 is 1.05 bits per heavy atom. The fraction of sp³-hybridized carbons (Fsp3) is 0.485. The second kappa shape index (κ2) is 11.0. The molecule has 0 amide bonds. The van der Waals surface area contributed by atoms with Crippen LogP contribution in [-0.4, -0.2) is 53.8 Å². The summed E-state index contributed by atoms with van der Waals surface area (Å²) in [5, 5.41) is 11.2. The van der Waals surface area contributed by atoms with E-state index >= 15 is 0 Å². The normalized spacial score (nSPS) is 24.1. The lowest BCUT2D eigenvalue weighted by Crippen LogP contribution is -2.50. The number of aliphatic hydroxyl groups excluding tert-OH is 1. The van der Waals surface area contributed by atoms with Gasteiger partial charge in [0.15, 0.2) is 5.76 Å². The highest BCUT2D eigenvalue weighted by atomic mass is 19.4. The van der Waals surface area contributed by atoms with Gasteiger partial charge in [-0.1, -0.05) is 43.3 Å². The number of aliphatic hydroxyl groups is 1. The highest BCUT2D eigenvalue weighted by molar-refractivity contribution is 5.65. The maximum Gasteiger partial charge on any atom is 0.416 e. The molecule has 2 fully saturated rings. The molecule has 230 valence electrons. The number of benzene rings is 2. The van der Waals surface area contributed by atoms with Gasteiger partial charge < -0.3 is 19.3 Å². The van der Waals surface area contributed by atoms with Crippen molar-refractivity contribution in [1.29, 1.82) is 0 Å². The van der Waals surface area contributed by atoms with Crippen molar-refractivity contribution in [3.8, 4) is 11.3 Å². The van der Waals surface area contributed by atoms with E-state index in [2.05, 4.69) is 53.2 Å². The van der Waals surface area contributed by atoms with Crippen molar-refractivity contribution in [3.05, 3.63) is 77.0 Å². The first-order valence-electron chi connectivity index (χ1n) is 14.8. The van der Waals surface area contributed by atoms with E-state index in [1.54, 1.807) is 0 Å². The van der Waals surface area contributed by atoms with Crippen LogP contribution in [0.3, 0.4) is 0 Å². The van der Waals surface area contributed by atoms with Crippen LogP contribution in [0.1, 0.15) is 55.4 Å². The van der Waals surface area contributed by atoms with E-state index in [1.807, 2.05) is 4.90 Å². The molecule has 1 aromatic heterocycles. The largest absolute Gasteiger partial charge is 0.423 e. The van der Waals surface area contributed by atoms with Crippen LogP contribution in [0, 0.1) is 11.8 Å². The molecular formula is C33H36F5N3O2. The minimum atomic E-state index is -4.78. The predicted molar refractivity (Wildman–Crippen MR) is 155 cm³/mol. The SMILES string of the molecule is CC1CN(CC(O)C2CCN(c3ncc(-c4cc(C(C)(F)F)cc(C(F)(F)F)c4)o3)CC2)CCC12C=Cc1ccccc12. The zero-order valence-electron chi connectivity index (χ0n) is 24.2. The number of nitrogens with zero attached hydrogens (tertiary/aromatic N) is 3. The Hall–Kier alpha value is -3.24. The van der Waals surface area contributed by atoms with Crippen LogP contribution in [0.15, 0.2) is 59.2 Å². The third-order valence-electron chi connectivity index (χ3n) is 9.62. The van der Waals surface area contributed by atoms with Crippen molar-refractivity contribution in [2.24, 2.45) is 11.8 Å². The maximum atomic E-state index is 14.0. The Balaban J connectivity index is 1.06. The van der Waals surface area contributed by atoms with Gasteiger partial charge in [0, 0.05) is 49.6 Å². The van der Waals surface area contributed by atoms with Gasteiger partial charge in [-0.3, -0.25) is 0 Å². The Kier molecular flexibility index (Phi) is 7.65. The summed E-state index contributed by atoms with van der Waals surface area (Å²) in [6.45, 7) is 6.41. The van der Waals surface area contributed by atoms with Crippen LogP contribution >= 0.6 is 0 Å². The summed E-state index contributed by atoms with van der Waals surface area (Å²) in [4.78, 5) is 8.48. The lowest BCUT2D eigenvalue weighted by molar-refractivity contribution is -0.137. The number of fused-ring (bicyclic) bond motifs is 2. The van der Waals surface area contributed by atoms with Crippen LogP contribution < -0.4 is 4.90 Å². The number of aromatic nitrogens is 1. The van der Waals surface area contributed by atoms with E-state index in [1.165, 1.54) is 17.3 Å². The van der Waals surface area contributed by atoms with E-state index < -0.39 is 29.3 Å². The molecule has 0 bridgehead atoms. The number of alkyl halides is 5. The highest BCUT2D eigenvalue weighted by Crippen LogP contribution is 2.47. The van der Waals surface area contributed by atoms with Gasteiger partial charge in [-0.05, 0) is 67.0 Å². The summed E-state index contributed by atoms with van der Waals surface area (Å²) in [5.41, 5.74) is 0.747. The minimum Gasteiger partial charge on any atom is -0.423 e. The molecule has 43 heavy (non-hydrogen) atoms. The molecule has 3 unspecified atom stereocenters. The molecule has 10 heteroatoms. The van der Waals surface area contributed by atoms with E-state index in [0.717, 1.165) is 31.6 Å². The van der Waals surface area contributed by atoms with Crippen LogP contribution in [0.2, 0.25) is 0 Å². The average Bonchev–Trinajstić information content (AvgIpc) is 3.61. The molecule has 2 aromatic carbocycles. The summed E-state index contributed by atoms with van der Waals surface area (Å²) in [5.74, 6) is -2.94. The van der Waals surface area contributed by atoms with Crippen LogP contribution in [0.5, 0.6) is 0 Å². The van der Waals surface area contributed by atoms with Crippen LogP contribution in [-0.2, 0) is 17.5 Å². The molecule has 1 N–H and O–H groups in total. The van der Waals surface area contributed by atoms with Gasteiger partial charge in [0.1, 0.15) is 0 Å². The fourth-order valence-electron chi connectivity index (χ4n) is 7.06. The van der Waals surface area contributed by atoms with E-state index in [9.17, 15) is 27.1 Å². The fourth-order valence-corrected chi connectivity index (χ4v) is 7.06. The summed E-state index contributed by atoms with van der Waals surface area (Å²) in [6, 6.07) is 11.1. The number of piperidine rings is 2. The summed E-state index contributed by atoms with van der Waals surface area (Å²) in [6.07, 6.45) is 3.04. The quantitative estimate of drug-likeness (QED) is 0.300. The van der Waals surface area contributed by atoms with Gasteiger partial charge in [-0.25, -0.2) is 13.8 Å². The van der Waals surface area contributed by atoms with Crippen molar-refractivity contribution in [3.63, 3.8) is 0 Å². The van der Waals surface area contributed by atoms with Crippen LogP contribution in [0.4, 0.5) is 28.0 Å². The summed E-state index contributed by atoms with van der Waals surface area (Å²) in [7, 11) is 0. The molecule has 1 aliphatic carbocycles. The Bertz CT molecular complexity index is 1460. The number of rotatable bonds is 6. The molecule has 3 atom stereocenters. The zero-order chi connectivity index (χ0) is 30.6. The van der Waals surface area contributed by atoms with Crippen molar-refractivity contribution < 1.29 is 31.5 Å². The summed E-state index contributed by atoms with van der Waals surface area (Å²) >= 11 is 0. The number of allylic oxidation sites excluding steroid dienone is 1. The number of hydrogen-bond donors (Lipinski definition) is 1. The van der Waals surface area contributed by atoms with Gasteiger partial charge >= 0.3 is 6.18 Å². The highest BCUT2D eigenvalue weighted by Gasteiger charge is 2.43. The molecule has 2 saturated heterocycles. The molecule has 0 radical (unpaired) electrons. The second-order valence-corrected chi connectivity index (χ2v) is 12.5. The van der Waals surface area contributed by atoms with E-state index in [0.29, 0.717) is 51.4 Å². The third-order valence-corrected chi connectivity index (χ3v) is 9.62. The lowest BCUT2D eigenvalue weighted by atomic mass is 9.68. The first kappa shape index (κ1) is 29.8. The van der Waals surface area contributed by atoms with Crippen molar-refractivity contribution in [2.75, 3.05) is 37.6 Å². The smallest absolute Gasteiger partial charge is 0.416 e. The van der Waals surface area contributed by atoms with Gasteiger partial charge in [0.05, 0.1) is 17.9 Å². The monoisotopic (exact) mass is 601 g/mol. The first-order valence-corrected chi connectivity index (χ1v) is 14.8. The molecule has 3 heterocycles. The first-order chi connectivity index (χ1) is 20.3. The number of β-amino-alcohol motifs (C(OH)–C–C–N with tert-alkyl or cyclic N) is 1. The number of oxazole rings is 1. The van der Waals surface area contributed by atoms with Gasteiger partial charge in [0.2, 0.25) is 0 Å². The number of halogens is 5. The molecule has 2 aliphatic heterocycles. The Morgan fingerprint density at radius 3 is 2.47 bits per heavy atom. The Morgan fingerprint density at radius 2 is 1.77 bits per heavy atom. The van der Waals surface area contributed by atoms with Gasteiger partial charge in [-0.2, -0.15) is 13.2 Å². The third kappa shape index (κ3) is 5.83. The molecule has 3 aromatic rings. The number of hydrogen-bond acceptors (Lipinski definition) is 5. The Labute approximate surface area is 248 Å². The predicted octanol–water partition coefficient (Wildman–Crippen LogP) is 7.36. The molecular weight excluding hydrogens is 565 g/mol. The standard InChI is InChI=1S/C33H36F5N3O2/c1-21-19-40(14-11-32(21)10-7-22-5-3-4-6-27(22)32)20-28(42)23-8-12-41(13-9-23)30-39-18-29(43-30)24-15-25(31(2,34)35)17-26(16-24)33(36,37)38/h3-7,10,15-18,21,23,28,42H,8-9,11-14,19-20H2,1-2H3. The zero-order valence-corrected chi connectivity index (χ0v) is 24.2. The molecule has 5 nitrogen and oxygen atoms in total. The maximum absolute atomic E-state index is 14.0. The van der Waals surface area contributed by atoms with E-state index in [-0.39, 0.29) is 28.7 Å². The van der Waals surface area contributed by atoms with Gasteiger partial charge in [-0.15, -0.1) is 0 Å². The second-order valence-electron chi connectivity index (χ2n) is 12.5. The number of likely N-dealkylation sites (tertiary alicyclic amines) is 1. The van der Waals surface area contributed by atoms with Crippen molar-refractivity contribution >= 4 is 12.1 Å².